The largest absolute Gasteiger partial charge is 0.309 e. The van der Waals surface area contributed by atoms with Crippen molar-refractivity contribution in [1.29, 1.82) is 0 Å². The second-order valence-electron chi connectivity index (χ2n) is 14.4. The van der Waals surface area contributed by atoms with Gasteiger partial charge in [0.25, 0.3) is 0 Å². The van der Waals surface area contributed by atoms with Gasteiger partial charge in [-0.1, -0.05) is 125 Å². The van der Waals surface area contributed by atoms with Gasteiger partial charge in [0, 0.05) is 42.6 Å². The minimum absolute atomic E-state index is 0.0492. The molecule has 0 radical (unpaired) electrons. The average Bonchev–Trinajstić information content (AvgIpc) is 3.69. The molecule has 2 aromatic heterocycles. The average molecular weight is 679 g/mol. The van der Waals surface area contributed by atoms with Gasteiger partial charge in [-0.05, 0) is 94.6 Å². The van der Waals surface area contributed by atoms with E-state index in [4.69, 9.17) is 0 Å². The van der Waals surface area contributed by atoms with E-state index in [9.17, 15) is 0 Å². The van der Waals surface area contributed by atoms with Crippen molar-refractivity contribution in [3.05, 3.63) is 176 Å². The first-order valence-corrected chi connectivity index (χ1v) is 19.6. The highest BCUT2D eigenvalue weighted by Gasteiger charge is 2.46. The summed E-state index contributed by atoms with van der Waals surface area (Å²) in [5, 5.41) is 5.06. The van der Waals surface area contributed by atoms with Crippen LogP contribution in [0.1, 0.15) is 27.7 Å². The molecule has 0 aliphatic carbocycles. The maximum Gasteiger partial charge on any atom is 0.0542 e. The molecule has 0 unspecified atom stereocenters. The molecule has 0 spiro atoms. The van der Waals surface area contributed by atoms with E-state index >= 15 is 0 Å². The van der Waals surface area contributed by atoms with Gasteiger partial charge >= 0.3 is 0 Å². The molecular weight excluding hydrogens is 637 g/mol. The summed E-state index contributed by atoms with van der Waals surface area (Å²) >= 11 is 0. The van der Waals surface area contributed by atoms with Crippen molar-refractivity contribution in [2.45, 2.75) is 47.1 Å². The van der Waals surface area contributed by atoms with Crippen LogP contribution in [0, 0.1) is 5.92 Å². The summed E-state index contributed by atoms with van der Waals surface area (Å²) in [5.41, 5.74) is 7.23. The molecule has 2 heterocycles. The monoisotopic (exact) mass is 678 g/mol. The molecule has 0 aliphatic rings. The molecule has 0 saturated carbocycles. The van der Waals surface area contributed by atoms with E-state index in [-0.39, 0.29) is 4.75 Å². The van der Waals surface area contributed by atoms with Crippen molar-refractivity contribution in [2.24, 2.45) is 5.92 Å². The second kappa shape index (κ2) is 12.1. The zero-order chi connectivity index (χ0) is 34.7. The minimum Gasteiger partial charge on any atom is -0.309 e. The summed E-state index contributed by atoms with van der Waals surface area (Å²) < 4.78 is 4.85. The van der Waals surface area contributed by atoms with E-state index in [0.29, 0.717) is 5.92 Å². The summed E-state index contributed by atoms with van der Waals surface area (Å²) in [7, 11) is -1.72. The predicted molar refractivity (Wildman–Crippen MR) is 219 cm³/mol. The molecule has 0 aliphatic heterocycles. The van der Waals surface area contributed by atoms with E-state index in [0.717, 1.165) is 0 Å². The summed E-state index contributed by atoms with van der Waals surface area (Å²) in [6.07, 6.45) is 0. The molecule has 9 aromatic rings. The van der Waals surface area contributed by atoms with E-state index in [1.54, 1.807) is 0 Å². The molecule has 3 heteroatoms. The quantitative estimate of drug-likeness (QED) is 0.159. The molecule has 2 nitrogen and oxygen atoms in total. The molecule has 0 amide bonds. The fraction of sp³-hybridized carbons (Fsp3) is 0.125. The Kier molecular flexibility index (Phi) is 7.45. The highest BCUT2D eigenvalue weighted by Crippen LogP contribution is 2.77. The number of hydrogen-bond donors (Lipinski definition) is 0. The van der Waals surface area contributed by atoms with Gasteiger partial charge in [0.1, 0.15) is 0 Å². The van der Waals surface area contributed by atoms with Crippen LogP contribution >= 0.6 is 10.0 Å². The predicted octanol–water partition coefficient (Wildman–Crippen LogP) is 13.6. The minimum atomic E-state index is -1.72. The number of hydrogen-bond acceptors (Lipinski definition) is 0. The fourth-order valence-electron chi connectivity index (χ4n) is 8.31. The molecule has 0 N–H and O–H groups in total. The van der Waals surface area contributed by atoms with Crippen LogP contribution in [0.4, 0.5) is 0 Å². The Hall–Kier alpha value is -5.51. The van der Waals surface area contributed by atoms with E-state index in [1.165, 1.54) is 69.7 Å². The van der Waals surface area contributed by atoms with Gasteiger partial charge in [0.15, 0.2) is 0 Å². The summed E-state index contributed by atoms with van der Waals surface area (Å²) in [5.74, 6) is 0.434. The van der Waals surface area contributed by atoms with Gasteiger partial charge in [0.2, 0.25) is 0 Å². The van der Waals surface area contributed by atoms with Crippen LogP contribution in [0.15, 0.2) is 191 Å². The van der Waals surface area contributed by atoms with Gasteiger partial charge in [-0.25, -0.2) is 0 Å². The number of nitrogens with zero attached hydrogens (tertiary/aromatic N) is 2. The maximum absolute atomic E-state index is 2.49. The van der Waals surface area contributed by atoms with Crippen LogP contribution in [0.25, 0.3) is 55.0 Å². The highest BCUT2D eigenvalue weighted by molar-refractivity contribution is 8.34. The third-order valence-electron chi connectivity index (χ3n) is 11.3. The lowest BCUT2D eigenvalue weighted by Crippen LogP contribution is -2.35. The number of benzene rings is 7. The number of rotatable bonds is 7. The van der Waals surface area contributed by atoms with Crippen molar-refractivity contribution in [3.8, 4) is 11.4 Å². The standard InChI is InChI=1S/C48H42N2S/c1-34(2)48(3,4)51(37-19-7-5-8-20-37,38-21-9-6-10-22-38)39-23-17-18-35(32-39)49-46-29-16-13-26-42(46)43-33-36(30-31-47(43)49)50-44-27-14-11-24-40(44)41-25-12-15-28-45(41)50/h5-34H,1-4H3. The molecule has 9 rings (SSSR count). The van der Waals surface area contributed by atoms with Crippen molar-refractivity contribution < 1.29 is 0 Å². The Balaban J connectivity index is 1.31. The molecule has 0 fully saturated rings. The number of fused-ring (bicyclic) bond motifs is 6. The smallest absolute Gasteiger partial charge is 0.0542 e. The Labute approximate surface area is 301 Å². The van der Waals surface area contributed by atoms with Crippen molar-refractivity contribution in [1.82, 2.24) is 9.13 Å². The molecule has 7 aromatic carbocycles. The van der Waals surface area contributed by atoms with Gasteiger partial charge in [-0.15, -0.1) is 0 Å². The highest BCUT2D eigenvalue weighted by atomic mass is 32.3. The number of para-hydroxylation sites is 3. The zero-order valence-corrected chi connectivity index (χ0v) is 30.4. The first-order valence-electron chi connectivity index (χ1n) is 18.0. The van der Waals surface area contributed by atoms with Gasteiger partial charge in [0.05, 0.1) is 22.1 Å². The maximum atomic E-state index is 2.49. The molecule has 250 valence electrons. The SMILES string of the molecule is CC(C)C(C)(C)S(c1ccccc1)(c1ccccc1)c1cccc(-n2c3ccccc3c3cc(-n4c5ccccc5c5ccccc54)ccc32)c1. The number of aromatic nitrogens is 2. The fourth-order valence-corrected chi connectivity index (χ4v) is 13.4. The lowest BCUT2D eigenvalue weighted by molar-refractivity contribution is 0.493. The Morgan fingerprint density at radius 2 is 0.804 bits per heavy atom. The molecule has 0 saturated heterocycles. The molecule has 0 bridgehead atoms. The van der Waals surface area contributed by atoms with Crippen molar-refractivity contribution in [2.75, 3.05) is 0 Å². The van der Waals surface area contributed by atoms with Gasteiger partial charge < -0.3 is 9.13 Å². The van der Waals surface area contributed by atoms with Crippen LogP contribution in [0.3, 0.4) is 0 Å². The topological polar surface area (TPSA) is 9.86 Å². The summed E-state index contributed by atoms with van der Waals surface area (Å²) in [6.45, 7) is 9.74. The first kappa shape index (κ1) is 31.5. The van der Waals surface area contributed by atoms with Crippen LogP contribution in [-0.2, 0) is 0 Å². The van der Waals surface area contributed by atoms with Crippen LogP contribution in [-0.4, -0.2) is 13.9 Å². The third kappa shape index (κ3) is 4.65. The molecule has 0 atom stereocenters. The Morgan fingerprint density at radius 1 is 0.392 bits per heavy atom. The van der Waals surface area contributed by atoms with E-state index in [1.807, 2.05) is 0 Å². The van der Waals surface area contributed by atoms with Crippen LogP contribution < -0.4 is 0 Å². The lowest BCUT2D eigenvalue weighted by Gasteiger charge is -2.55. The Morgan fingerprint density at radius 3 is 1.31 bits per heavy atom. The summed E-state index contributed by atoms with van der Waals surface area (Å²) in [4.78, 5) is 4.17. The molecular formula is C48H42N2S. The van der Waals surface area contributed by atoms with E-state index in [2.05, 4.69) is 213 Å². The van der Waals surface area contributed by atoms with Gasteiger partial charge in [-0.3, -0.25) is 0 Å². The zero-order valence-electron chi connectivity index (χ0n) is 29.6. The molecule has 51 heavy (non-hydrogen) atoms. The van der Waals surface area contributed by atoms with Crippen LogP contribution in [0.2, 0.25) is 0 Å². The third-order valence-corrected chi connectivity index (χ3v) is 16.3. The van der Waals surface area contributed by atoms with Crippen molar-refractivity contribution >= 4 is 53.6 Å². The lowest BCUT2D eigenvalue weighted by atomic mass is 9.99. The van der Waals surface area contributed by atoms with Gasteiger partial charge in [-0.2, -0.15) is 10.0 Å². The normalized spacial score (nSPS) is 12.8. The Bertz CT molecular complexity index is 2600. The first-order chi connectivity index (χ1) is 24.9. The second-order valence-corrected chi connectivity index (χ2v) is 18.1. The van der Waals surface area contributed by atoms with Crippen molar-refractivity contribution in [3.63, 3.8) is 0 Å². The summed E-state index contributed by atoms with van der Waals surface area (Å²) in [6, 6.07) is 65.4. The van der Waals surface area contributed by atoms with E-state index < -0.39 is 10.0 Å². The van der Waals surface area contributed by atoms with Crippen LogP contribution in [0.5, 0.6) is 0 Å².